The molecule has 2 fully saturated rings. The maximum absolute atomic E-state index is 12.8. The second-order valence-electron chi connectivity index (χ2n) is 14.7. The molecule has 2 aliphatic rings. The third kappa shape index (κ3) is 13.0. The van der Waals surface area contributed by atoms with E-state index in [4.69, 9.17) is 62.4 Å². The molecule has 2 aromatic heterocycles. The van der Waals surface area contributed by atoms with E-state index < -0.39 is 12.1 Å². The van der Waals surface area contributed by atoms with E-state index in [-0.39, 0.29) is 42.9 Å². The average molecular weight is 919 g/mol. The number of carboxylic acids is 1. The van der Waals surface area contributed by atoms with E-state index in [1.807, 2.05) is 36.4 Å². The normalized spacial score (nSPS) is 18.1. The number of nitrogens with one attached hydrogen (secondary N) is 1. The van der Waals surface area contributed by atoms with Crippen LogP contribution in [0.3, 0.4) is 0 Å². The highest BCUT2D eigenvalue weighted by Gasteiger charge is 2.26. The van der Waals surface area contributed by atoms with Crippen LogP contribution in [0.15, 0.2) is 109 Å². The van der Waals surface area contributed by atoms with E-state index >= 15 is 0 Å². The van der Waals surface area contributed by atoms with Gasteiger partial charge in [0.2, 0.25) is 0 Å². The standard InChI is InChI=1S/C23H21Cl2N3O2.C17H10Cl2N2O2.C6H13NO.CH4/c24-16-9-5-14(6-10-16)21-22(15-7-11-17(25)12-8-15)27-19(13-26-21)23(30)28-18-3-1-2-4-20(18)29;18-12-5-1-10(2-6-12)15-16(11-3-7-13(19)8-4-11)21-14(9-20-15)17(22)23;7-5-3-1-2-4-6(5)8;/h5-13,18,20,29H,1-4H2,(H,28,30);1-9H,(H,22,23);5-6,8H,1-4,7H2;1H4/t18-,20+;;5-,6+;/m1.1./s1. The number of halogens is 4. The van der Waals surface area contributed by atoms with Crippen LogP contribution in [-0.4, -0.2) is 71.4 Å². The van der Waals surface area contributed by atoms with Crippen LogP contribution in [0.5, 0.6) is 0 Å². The lowest BCUT2D eigenvalue weighted by Crippen LogP contribution is -2.45. The number of hydrogen-bond acceptors (Lipinski definition) is 9. The number of rotatable bonds is 7. The lowest BCUT2D eigenvalue weighted by molar-refractivity contribution is 0.0689. The summed E-state index contributed by atoms with van der Waals surface area (Å²) in [6, 6.07) is 28.4. The molecule has 2 saturated carbocycles. The van der Waals surface area contributed by atoms with Gasteiger partial charge in [-0.05, 0) is 74.2 Å². The van der Waals surface area contributed by atoms with Crippen molar-refractivity contribution in [2.45, 2.75) is 83.1 Å². The highest BCUT2D eigenvalue weighted by atomic mass is 35.5. The monoisotopic (exact) mass is 916 g/mol. The van der Waals surface area contributed by atoms with Gasteiger partial charge in [0.1, 0.15) is 5.69 Å². The molecule has 4 atom stereocenters. The summed E-state index contributed by atoms with van der Waals surface area (Å²) in [4.78, 5) is 41.7. The molecule has 2 aliphatic carbocycles. The van der Waals surface area contributed by atoms with Crippen LogP contribution in [-0.2, 0) is 0 Å². The van der Waals surface area contributed by atoms with Crippen LogP contribution in [0.25, 0.3) is 45.0 Å². The quantitative estimate of drug-likeness (QED) is 0.103. The Morgan fingerprint density at radius 3 is 1.26 bits per heavy atom. The molecule has 62 heavy (non-hydrogen) atoms. The molecule has 8 rings (SSSR count). The first-order chi connectivity index (χ1) is 29.4. The second-order valence-corrected chi connectivity index (χ2v) is 16.4. The predicted octanol–water partition coefficient (Wildman–Crippen LogP) is 10.9. The topological polar surface area (TPSA) is 184 Å². The van der Waals surface area contributed by atoms with E-state index in [0.717, 1.165) is 60.8 Å². The maximum Gasteiger partial charge on any atom is 0.356 e. The zero-order valence-corrected chi connectivity index (χ0v) is 35.9. The fourth-order valence-electron chi connectivity index (χ4n) is 6.91. The molecule has 6 N–H and O–H groups in total. The first-order valence-electron chi connectivity index (χ1n) is 19.8. The molecule has 1 amide bonds. The summed E-state index contributed by atoms with van der Waals surface area (Å²) >= 11 is 23.9. The predicted molar refractivity (Wildman–Crippen MR) is 248 cm³/mol. The minimum atomic E-state index is -1.13. The number of carbonyl (C=O) groups excluding carboxylic acids is 1. The summed E-state index contributed by atoms with van der Waals surface area (Å²) in [6.07, 6.45) is 9.62. The number of aliphatic hydroxyl groups is 2. The molecule has 0 radical (unpaired) electrons. The molecule has 0 saturated heterocycles. The van der Waals surface area contributed by atoms with Gasteiger partial charge in [0, 0.05) is 48.4 Å². The third-order valence-electron chi connectivity index (χ3n) is 10.3. The van der Waals surface area contributed by atoms with E-state index in [2.05, 4.69) is 25.3 Å². The minimum absolute atomic E-state index is 0. The van der Waals surface area contributed by atoms with Crippen molar-refractivity contribution in [1.82, 2.24) is 25.3 Å². The summed E-state index contributed by atoms with van der Waals surface area (Å²) in [5.41, 5.74) is 11.0. The summed E-state index contributed by atoms with van der Waals surface area (Å²) in [5.74, 6) is -1.47. The average Bonchev–Trinajstić information content (AvgIpc) is 3.27. The van der Waals surface area contributed by atoms with Crippen molar-refractivity contribution < 1.29 is 24.9 Å². The van der Waals surface area contributed by atoms with Crippen molar-refractivity contribution in [2.24, 2.45) is 5.73 Å². The molecule has 0 aliphatic heterocycles. The Morgan fingerprint density at radius 1 is 0.532 bits per heavy atom. The van der Waals surface area contributed by atoms with E-state index in [0.29, 0.717) is 49.3 Å². The number of amides is 1. The summed E-state index contributed by atoms with van der Waals surface area (Å²) in [6.45, 7) is 0. The van der Waals surface area contributed by atoms with Crippen molar-refractivity contribution in [1.29, 1.82) is 0 Å². The third-order valence-corrected chi connectivity index (χ3v) is 11.3. The first kappa shape index (κ1) is 48.1. The summed E-state index contributed by atoms with van der Waals surface area (Å²) in [5, 5.41) is 33.7. The molecule has 0 unspecified atom stereocenters. The van der Waals surface area contributed by atoms with Crippen molar-refractivity contribution in [3.63, 3.8) is 0 Å². The minimum Gasteiger partial charge on any atom is -0.476 e. The lowest BCUT2D eigenvalue weighted by Gasteiger charge is -2.28. The van der Waals surface area contributed by atoms with Crippen LogP contribution in [0.4, 0.5) is 0 Å². The van der Waals surface area contributed by atoms with Crippen molar-refractivity contribution in [3.05, 3.63) is 141 Å². The van der Waals surface area contributed by atoms with Crippen LogP contribution in [0.1, 0.15) is 79.8 Å². The van der Waals surface area contributed by atoms with Gasteiger partial charge in [0.25, 0.3) is 5.91 Å². The zero-order chi connectivity index (χ0) is 43.5. The molecule has 4 aromatic carbocycles. The largest absolute Gasteiger partial charge is 0.476 e. The lowest BCUT2D eigenvalue weighted by atomic mass is 9.92. The Bertz CT molecular complexity index is 2400. The van der Waals surface area contributed by atoms with Gasteiger partial charge in [-0.25, -0.2) is 14.8 Å². The molecular formula is C47H48Cl4N6O5. The number of carbonyl (C=O) groups is 2. The molecule has 324 valence electrons. The number of aromatic carboxylic acids is 1. The zero-order valence-electron chi connectivity index (χ0n) is 32.9. The van der Waals surface area contributed by atoms with Gasteiger partial charge < -0.3 is 26.4 Å². The molecule has 0 spiro atoms. The number of hydrogen-bond donors (Lipinski definition) is 5. The molecular weight excluding hydrogens is 870 g/mol. The van der Waals surface area contributed by atoms with Crippen LogP contribution < -0.4 is 11.1 Å². The highest BCUT2D eigenvalue weighted by molar-refractivity contribution is 6.31. The number of carboxylic acid groups (broad SMARTS) is 1. The van der Waals surface area contributed by atoms with Crippen LogP contribution >= 0.6 is 46.4 Å². The van der Waals surface area contributed by atoms with E-state index in [1.54, 1.807) is 60.7 Å². The molecule has 15 heteroatoms. The van der Waals surface area contributed by atoms with Gasteiger partial charge in [-0.2, -0.15) is 0 Å². The fourth-order valence-corrected chi connectivity index (χ4v) is 7.41. The molecule has 0 bridgehead atoms. The van der Waals surface area contributed by atoms with Gasteiger partial charge >= 0.3 is 5.97 Å². The van der Waals surface area contributed by atoms with Crippen molar-refractivity contribution in [3.8, 4) is 45.0 Å². The second kappa shape index (κ2) is 22.9. The smallest absolute Gasteiger partial charge is 0.356 e. The molecule has 6 aromatic rings. The van der Waals surface area contributed by atoms with E-state index in [9.17, 15) is 14.7 Å². The van der Waals surface area contributed by atoms with E-state index in [1.165, 1.54) is 18.8 Å². The number of aromatic nitrogens is 4. The van der Waals surface area contributed by atoms with Crippen LogP contribution in [0.2, 0.25) is 20.1 Å². The maximum atomic E-state index is 12.8. The Labute approximate surface area is 381 Å². The van der Waals surface area contributed by atoms with Gasteiger partial charge in [-0.1, -0.05) is 128 Å². The molecule has 2 heterocycles. The highest BCUT2D eigenvalue weighted by Crippen LogP contribution is 2.32. The Kier molecular flexibility index (Phi) is 17.8. The van der Waals surface area contributed by atoms with Gasteiger partial charge in [-0.15, -0.1) is 0 Å². The van der Waals surface area contributed by atoms with Crippen molar-refractivity contribution in [2.75, 3.05) is 0 Å². The van der Waals surface area contributed by atoms with Gasteiger partial charge in [0.15, 0.2) is 5.69 Å². The summed E-state index contributed by atoms with van der Waals surface area (Å²) < 4.78 is 0. The number of nitrogens with two attached hydrogens (primary N) is 1. The first-order valence-corrected chi connectivity index (χ1v) is 21.3. The van der Waals surface area contributed by atoms with Crippen LogP contribution in [0, 0.1) is 0 Å². The SMILES string of the molecule is C.N[C@@H]1CCCC[C@@H]1O.O=C(N[C@@H]1CCCC[C@@H]1O)c1cnc(-c2ccc(Cl)cc2)c(-c2ccc(Cl)cc2)n1.O=C(O)c1cnc(-c2ccc(Cl)cc2)c(-c2ccc(Cl)cc2)n1. The van der Waals surface area contributed by atoms with Gasteiger partial charge in [0.05, 0.1) is 53.4 Å². The Hall–Kier alpha value is -4.98. The number of benzene rings is 4. The van der Waals surface area contributed by atoms with Crippen molar-refractivity contribution >= 4 is 58.3 Å². The number of aliphatic hydroxyl groups excluding tert-OH is 2. The number of nitrogens with zero attached hydrogens (tertiary/aromatic N) is 4. The van der Waals surface area contributed by atoms with Gasteiger partial charge in [-0.3, -0.25) is 14.8 Å². The Morgan fingerprint density at radius 2 is 0.887 bits per heavy atom. The molecule has 11 nitrogen and oxygen atoms in total. The summed E-state index contributed by atoms with van der Waals surface area (Å²) in [7, 11) is 0. The Balaban J connectivity index is 0.000000200. The fraction of sp³-hybridized carbons (Fsp3) is 0.277.